The summed E-state index contributed by atoms with van der Waals surface area (Å²) in [5.41, 5.74) is 1.27. The molecule has 0 unspecified atom stereocenters. The van der Waals surface area contributed by atoms with Crippen molar-refractivity contribution in [1.29, 1.82) is 0 Å². The first-order chi connectivity index (χ1) is 14.1. The van der Waals surface area contributed by atoms with Gasteiger partial charge < -0.3 is 9.88 Å². The maximum Gasteiger partial charge on any atom is 0.263 e. The van der Waals surface area contributed by atoms with Crippen molar-refractivity contribution in [2.45, 2.75) is 51.5 Å². The van der Waals surface area contributed by atoms with Crippen molar-refractivity contribution in [2.24, 2.45) is 23.2 Å². The third-order valence-electron chi connectivity index (χ3n) is 7.86. The number of thiophene rings is 1. The molecule has 5 heteroatoms. The Balaban J connectivity index is 1.33. The highest BCUT2D eigenvalue weighted by Crippen LogP contribution is 2.61. The zero-order chi connectivity index (χ0) is 19.6. The molecule has 0 aliphatic heterocycles. The molecule has 29 heavy (non-hydrogen) atoms. The number of hydrogen-bond acceptors (Lipinski definition) is 3. The highest BCUT2D eigenvalue weighted by atomic mass is 32.1. The molecule has 1 atom stereocenters. The van der Waals surface area contributed by atoms with E-state index in [4.69, 9.17) is 0 Å². The van der Waals surface area contributed by atoms with E-state index < -0.39 is 0 Å². The summed E-state index contributed by atoms with van der Waals surface area (Å²) in [5.74, 6) is 2.73. The highest BCUT2D eigenvalue weighted by molar-refractivity contribution is 7.21. The van der Waals surface area contributed by atoms with E-state index in [9.17, 15) is 4.79 Å². The quantitative estimate of drug-likeness (QED) is 0.630. The van der Waals surface area contributed by atoms with Gasteiger partial charge in [-0.05, 0) is 92.9 Å². The molecular weight excluding hydrogens is 378 g/mol. The Morgan fingerprint density at radius 1 is 1.14 bits per heavy atom. The molecule has 0 saturated heterocycles. The van der Waals surface area contributed by atoms with Crippen molar-refractivity contribution in [1.82, 2.24) is 14.9 Å². The number of amides is 1. The normalized spacial score (nSPS) is 31.3. The number of nitrogens with zero attached hydrogens (tertiary/aromatic N) is 2. The van der Waals surface area contributed by atoms with Gasteiger partial charge in [0.05, 0.1) is 5.69 Å². The second kappa shape index (κ2) is 6.43. The molecule has 4 nitrogen and oxygen atoms in total. The van der Waals surface area contributed by atoms with Gasteiger partial charge in [-0.15, -0.1) is 11.3 Å². The molecule has 4 fully saturated rings. The van der Waals surface area contributed by atoms with Crippen LogP contribution in [-0.4, -0.2) is 21.5 Å². The van der Waals surface area contributed by atoms with Crippen LogP contribution in [0.5, 0.6) is 0 Å². The standard InChI is InChI=1S/C24H27N3OS/c1-15(24-12-16-9-17(13-24)11-18(10-16)14-24)26-22(28)21-20(27-7-2-3-8-27)19-5-4-6-25-23(19)29-21/h2-8,15-18H,9-14H2,1H3,(H,26,28)/t15-,16?,17?,18?,24?/m1/s1. The lowest BCUT2D eigenvalue weighted by Crippen LogP contribution is -2.55. The van der Waals surface area contributed by atoms with Crippen LogP contribution in [0.4, 0.5) is 0 Å². The van der Waals surface area contributed by atoms with Gasteiger partial charge in [0, 0.05) is 30.0 Å². The average molecular weight is 406 g/mol. The molecule has 0 aromatic carbocycles. The van der Waals surface area contributed by atoms with E-state index in [-0.39, 0.29) is 11.9 Å². The summed E-state index contributed by atoms with van der Waals surface area (Å²) in [6.07, 6.45) is 14.0. The number of aromatic nitrogens is 2. The van der Waals surface area contributed by atoms with Gasteiger partial charge in [-0.1, -0.05) is 0 Å². The molecule has 4 bridgehead atoms. The maximum absolute atomic E-state index is 13.5. The number of carbonyl (C=O) groups is 1. The van der Waals surface area contributed by atoms with Gasteiger partial charge in [0.25, 0.3) is 5.91 Å². The van der Waals surface area contributed by atoms with Crippen LogP contribution in [0.1, 0.15) is 55.1 Å². The van der Waals surface area contributed by atoms with Crippen LogP contribution >= 0.6 is 11.3 Å². The number of nitrogens with one attached hydrogen (secondary N) is 1. The SMILES string of the molecule is C[C@@H](NC(=O)c1sc2ncccc2c1-n1cccc1)C12CC3CC(CC(C3)C1)C2. The van der Waals surface area contributed by atoms with E-state index in [0.717, 1.165) is 38.5 Å². The first-order valence-corrected chi connectivity index (χ1v) is 11.7. The Morgan fingerprint density at radius 2 is 1.79 bits per heavy atom. The second-order valence-corrected chi connectivity index (χ2v) is 10.7. The van der Waals surface area contributed by atoms with E-state index in [0.29, 0.717) is 5.41 Å². The summed E-state index contributed by atoms with van der Waals surface area (Å²) in [7, 11) is 0. The van der Waals surface area contributed by atoms with Crippen LogP contribution in [0.15, 0.2) is 42.9 Å². The van der Waals surface area contributed by atoms with Gasteiger partial charge in [0.2, 0.25) is 0 Å². The molecule has 0 radical (unpaired) electrons. The lowest BCUT2D eigenvalue weighted by molar-refractivity contribution is -0.0687. The number of pyridine rings is 1. The predicted octanol–water partition coefficient (Wildman–Crippen LogP) is 5.42. The Kier molecular flexibility index (Phi) is 3.92. The number of rotatable bonds is 4. The molecule has 0 spiro atoms. The van der Waals surface area contributed by atoms with Crippen LogP contribution in [-0.2, 0) is 0 Å². The van der Waals surface area contributed by atoms with Gasteiger partial charge in [-0.25, -0.2) is 4.98 Å². The second-order valence-electron chi connectivity index (χ2n) is 9.70. The highest BCUT2D eigenvalue weighted by Gasteiger charge is 2.53. The monoisotopic (exact) mass is 405 g/mol. The first-order valence-electron chi connectivity index (χ1n) is 10.9. The number of carbonyl (C=O) groups excluding carboxylic acids is 1. The summed E-state index contributed by atoms with van der Waals surface area (Å²) in [5, 5.41) is 4.49. The molecule has 150 valence electrons. The number of hydrogen-bond donors (Lipinski definition) is 1. The van der Waals surface area contributed by atoms with E-state index >= 15 is 0 Å². The van der Waals surface area contributed by atoms with E-state index in [1.54, 1.807) is 6.20 Å². The lowest BCUT2D eigenvalue weighted by Gasteiger charge is -2.59. The number of fused-ring (bicyclic) bond motifs is 1. The summed E-state index contributed by atoms with van der Waals surface area (Å²) in [6.45, 7) is 2.26. The molecular formula is C24H27N3OS. The molecule has 4 aliphatic carbocycles. The van der Waals surface area contributed by atoms with Crippen LogP contribution in [0.25, 0.3) is 15.9 Å². The minimum Gasteiger partial charge on any atom is -0.348 e. The molecule has 1 N–H and O–H groups in total. The van der Waals surface area contributed by atoms with E-state index in [1.165, 1.54) is 49.9 Å². The molecule has 1 amide bonds. The van der Waals surface area contributed by atoms with Crippen LogP contribution < -0.4 is 5.32 Å². The van der Waals surface area contributed by atoms with Crippen molar-refractivity contribution in [3.8, 4) is 5.69 Å². The topological polar surface area (TPSA) is 46.9 Å². The molecule has 3 heterocycles. The molecule has 4 aliphatic rings. The fourth-order valence-corrected chi connectivity index (χ4v) is 7.98. The van der Waals surface area contributed by atoms with Gasteiger partial charge in [-0.3, -0.25) is 4.79 Å². The smallest absolute Gasteiger partial charge is 0.263 e. The van der Waals surface area contributed by atoms with E-state index in [2.05, 4.69) is 23.3 Å². The van der Waals surface area contributed by atoms with Crippen molar-refractivity contribution in [2.75, 3.05) is 0 Å². The lowest BCUT2D eigenvalue weighted by atomic mass is 9.48. The predicted molar refractivity (Wildman–Crippen MR) is 116 cm³/mol. The zero-order valence-corrected chi connectivity index (χ0v) is 17.6. The Morgan fingerprint density at radius 3 is 2.45 bits per heavy atom. The van der Waals surface area contributed by atoms with Gasteiger partial charge in [0.1, 0.15) is 9.71 Å². The van der Waals surface area contributed by atoms with Crippen molar-refractivity contribution < 1.29 is 4.79 Å². The maximum atomic E-state index is 13.5. The third kappa shape index (κ3) is 2.77. The Bertz CT molecular complexity index is 1030. The van der Waals surface area contributed by atoms with Crippen molar-refractivity contribution >= 4 is 27.5 Å². The Hall–Kier alpha value is -2.14. The third-order valence-corrected chi connectivity index (χ3v) is 8.96. The van der Waals surface area contributed by atoms with Crippen molar-refractivity contribution in [3.05, 3.63) is 47.7 Å². The van der Waals surface area contributed by atoms with Crippen LogP contribution in [0.3, 0.4) is 0 Å². The minimum absolute atomic E-state index is 0.0555. The van der Waals surface area contributed by atoms with Gasteiger partial charge >= 0.3 is 0 Å². The average Bonchev–Trinajstić information content (AvgIpc) is 3.34. The minimum atomic E-state index is 0.0555. The fourth-order valence-electron chi connectivity index (χ4n) is 6.94. The summed E-state index contributed by atoms with van der Waals surface area (Å²) >= 11 is 1.51. The summed E-state index contributed by atoms with van der Waals surface area (Å²) < 4.78 is 2.05. The van der Waals surface area contributed by atoms with Gasteiger partial charge in [-0.2, -0.15) is 0 Å². The van der Waals surface area contributed by atoms with Crippen LogP contribution in [0, 0.1) is 23.2 Å². The van der Waals surface area contributed by atoms with Gasteiger partial charge in [0.15, 0.2) is 0 Å². The molecule has 3 aromatic heterocycles. The van der Waals surface area contributed by atoms with E-state index in [1.807, 2.05) is 35.2 Å². The zero-order valence-electron chi connectivity index (χ0n) is 16.8. The summed E-state index contributed by atoms with van der Waals surface area (Å²) in [4.78, 5) is 19.7. The molecule has 3 aromatic rings. The fraction of sp³-hybridized carbons (Fsp3) is 0.500. The van der Waals surface area contributed by atoms with Crippen LogP contribution in [0.2, 0.25) is 0 Å². The molecule has 7 rings (SSSR count). The summed E-state index contributed by atoms with van der Waals surface area (Å²) in [6, 6.07) is 8.23. The largest absolute Gasteiger partial charge is 0.348 e. The molecule has 4 saturated carbocycles. The van der Waals surface area contributed by atoms with Crippen molar-refractivity contribution in [3.63, 3.8) is 0 Å². The first kappa shape index (κ1) is 17.7. The Labute approximate surface area is 175 Å².